The highest BCUT2D eigenvalue weighted by atomic mass is 16.6. The topological polar surface area (TPSA) is 127 Å². The molecular weight excluding hydrogens is 376 g/mol. The molecule has 2 rings (SSSR count). The second-order valence-corrected chi connectivity index (χ2v) is 5.93. The van der Waals surface area contributed by atoms with Crippen LogP contribution in [0.5, 0.6) is 11.5 Å². The summed E-state index contributed by atoms with van der Waals surface area (Å²) in [6.45, 7) is 1.85. The van der Waals surface area contributed by atoms with Gasteiger partial charge in [0.2, 0.25) is 0 Å². The van der Waals surface area contributed by atoms with E-state index < -0.39 is 10.8 Å². The van der Waals surface area contributed by atoms with Crippen LogP contribution >= 0.6 is 0 Å². The first-order valence-electron chi connectivity index (χ1n) is 8.53. The minimum Gasteiger partial charge on any atom is -0.493 e. The number of methoxy groups -OCH3 is 2. The molecule has 1 amide bonds. The number of non-ortho nitro benzene ring substituents is 1. The van der Waals surface area contributed by atoms with Gasteiger partial charge in [-0.25, -0.2) is 0 Å². The predicted octanol–water partition coefficient (Wildman–Crippen LogP) is 3.31. The van der Waals surface area contributed by atoms with Gasteiger partial charge in [-0.15, -0.1) is 0 Å². The number of anilines is 1. The van der Waals surface area contributed by atoms with Gasteiger partial charge in [0, 0.05) is 30.1 Å². The number of nitro benzene ring substituents is 1. The molecule has 0 heterocycles. The lowest BCUT2D eigenvalue weighted by molar-refractivity contribution is -0.384. The highest BCUT2D eigenvalue weighted by Crippen LogP contribution is 2.29. The summed E-state index contributed by atoms with van der Waals surface area (Å²) in [7, 11) is 3.08. The Bertz CT molecular complexity index is 981. The molecule has 0 aromatic heterocycles. The number of ether oxygens (including phenoxy) is 2. The molecule has 0 bridgehead atoms. The van der Waals surface area contributed by atoms with Crippen LogP contribution in [0.25, 0.3) is 0 Å². The van der Waals surface area contributed by atoms with Gasteiger partial charge >= 0.3 is 0 Å². The van der Waals surface area contributed by atoms with Crippen molar-refractivity contribution in [2.75, 3.05) is 19.5 Å². The molecule has 0 radical (unpaired) electrons. The molecule has 2 aromatic rings. The molecule has 1 atom stereocenters. The highest BCUT2D eigenvalue weighted by Gasteiger charge is 2.14. The van der Waals surface area contributed by atoms with Crippen LogP contribution in [0.15, 0.2) is 54.2 Å². The van der Waals surface area contributed by atoms with E-state index in [-0.39, 0.29) is 23.0 Å². The summed E-state index contributed by atoms with van der Waals surface area (Å²) in [5, 5.41) is 25.6. The molecule has 2 N–H and O–H groups in total. The summed E-state index contributed by atoms with van der Waals surface area (Å²) in [6.07, 6.45) is 1.30. The van der Waals surface area contributed by atoms with Crippen LogP contribution in [0.4, 0.5) is 11.4 Å². The van der Waals surface area contributed by atoms with Gasteiger partial charge in [-0.1, -0.05) is 12.1 Å². The minimum absolute atomic E-state index is 0.162. The third kappa shape index (κ3) is 5.46. The average molecular weight is 396 g/mol. The Labute approximate surface area is 167 Å². The molecule has 9 heteroatoms. The van der Waals surface area contributed by atoms with Gasteiger partial charge in [-0.2, -0.15) is 5.26 Å². The highest BCUT2D eigenvalue weighted by molar-refractivity contribution is 6.06. The number of nitrogens with zero attached hydrogens (tertiary/aromatic N) is 2. The summed E-state index contributed by atoms with van der Waals surface area (Å²) in [5.41, 5.74) is 0.739. The Kier molecular flexibility index (Phi) is 7.14. The van der Waals surface area contributed by atoms with Gasteiger partial charge < -0.3 is 20.1 Å². The van der Waals surface area contributed by atoms with Crippen molar-refractivity contribution in [3.63, 3.8) is 0 Å². The first kappa shape index (κ1) is 21.2. The molecule has 9 nitrogen and oxygen atoms in total. The first-order valence-corrected chi connectivity index (χ1v) is 8.53. The molecule has 2 aromatic carbocycles. The number of carbonyl (C=O) groups excluding carboxylic acids is 1. The molecule has 29 heavy (non-hydrogen) atoms. The van der Waals surface area contributed by atoms with E-state index in [2.05, 4.69) is 10.6 Å². The van der Waals surface area contributed by atoms with Gasteiger partial charge in [0.1, 0.15) is 11.6 Å². The lowest BCUT2D eigenvalue weighted by Gasteiger charge is -2.15. The number of benzene rings is 2. The van der Waals surface area contributed by atoms with Crippen molar-refractivity contribution in [3.05, 3.63) is 69.9 Å². The third-order valence-electron chi connectivity index (χ3n) is 4.07. The van der Waals surface area contributed by atoms with Crippen molar-refractivity contribution in [1.29, 1.82) is 5.26 Å². The van der Waals surface area contributed by atoms with E-state index in [0.717, 1.165) is 5.56 Å². The molecular formula is C20H20N4O5. The number of nitro groups is 1. The normalized spacial score (nSPS) is 11.7. The van der Waals surface area contributed by atoms with Crippen LogP contribution in [0.1, 0.15) is 18.5 Å². The van der Waals surface area contributed by atoms with Crippen molar-refractivity contribution in [2.24, 2.45) is 0 Å². The molecule has 150 valence electrons. The van der Waals surface area contributed by atoms with E-state index >= 15 is 0 Å². The van der Waals surface area contributed by atoms with Crippen molar-refractivity contribution in [2.45, 2.75) is 13.0 Å². The third-order valence-corrected chi connectivity index (χ3v) is 4.07. The second-order valence-electron chi connectivity index (χ2n) is 5.93. The zero-order chi connectivity index (χ0) is 21.4. The van der Waals surface area contributed by atoms with Crippen LogP contribution in [-0.2, 0) is 4.79 Å². The number of nitriles is 1. The average Bonchev–Trinajstić information content (AvgIpc) is 2.73. The lowest BCUT2D eigenvalue weighted by Crippen LogP contribution is -2.18. The fourth-order valence-electron chi connectivity index (χ4n) is 2.47. The molecule has 0 spiro atoms. The Morgan fingerprint density at radius 1 is 1.21 bits per heavy atom. The van der Waals surface area contributed by atoms with E-state index in [9.17, 15) is 20.2 Å². The van der Waals surface area contributed by atoms with Gasteiger partial charge in [0.05, 0.1) is 19.1 Å². The smallest absolute Gasteiger partial charge is 0.271 e. The molecule has 0 aliphatic heterocycles. The van der Waals surface area contributed by atoms with Crippen LogP contribution in [0.2, 0.25) is 0 Å². The fourth-order valence-corrected chi connectivity index (χ4v) is 2.47. The van der Waals surface area contributed by atoms with Crippen LogP contribution in [0.3, 0.4) is 0 Å². The SMILES string of the molecule is COc1ccc(C(C)N/C=C(/C#N)C(=O)Nc2cccc([N+](=O)[O-])c2)cc1OC. The first-order chi connectivity index (χ1) is 13.9. The maximum Gasteiger partial charge on any atom is 0.271 e. The maximum atomic E-state index is 12.3. The summed E-state index contributed by atoms with van der Waals surface area (Å²) < 4.78 is 10.5. The van der Waals surface area contributed by atoms with E-state index in [0.29, 0.717) is 11.5 Å². The Morgan fingerprint density at radius 3 is 2.55 bits per heavy atom. The number of amides is 1. The van der Waals surface area contributed by atoms with E-state index in [1.807, 2.05) is 19.1 Å². The van der Waals surface area contributed by atoms with Crippen molar-refractivity contribution in [1.82, 2.24) is 5.32 Å². The zero-order valence-electron chi connectivity index (χ0n) is 16.1. The molecule has 0 aliphatic carbocycles. The number of hydrogen-bond acceptors (Lipinski definition) is 7. The van der Waals surface area contributed by atoms with Crippen molar-refractivity contribution < 1.29 is 19.2 Å². The summed E-state index contributed by atoms with van der Waals surface area (Å²) in [6, 6.07) is 12.4. The van der Waals surface area contributed by atoms with Crippen molar-refractivity contribution >= 4 is 17.3 Å². The largest absolute Gasteiger partial charge is 0.493 e. The Hall–Kier alpha value is -4.06. The maximum absolute atomic E-state index is 12.3. The predicted molar refractivity (Wildman–Crippen MR) is 107 cm³/mol. The second kappa shape index (κ2) is 9.75. The molecule has 0 saturated heterocycles. The molecule has 0 fully saturated rings. The van der Waals surface area contributed by atoms with Gasteiger partial charge in [-0.3, -0.25) is 14.9 Å². The van der Waals surface area contributed by atoms with Crippen LogP contribution in [-0.4, -0.2) is 25.1 Å². The van der Waals surface area contributed by atoms with E-state index in [1.165, 1.54) is 37.6 Å². The number of nitrogens with one attached hydrogen (secondary N) is 2. The van der Waals surface area contributed by atoms with E-state index in [1.54, 1.807) is 19.2 Å². The van der Waals surface area contributed by atoms with E-state index in [4.69, 9.17) is 9.47 Å². The molecule has 0 aliphatic rings. The van der Waals surface area contributed by atoms with Gasteiger partial charge in [0.15, 0.2) is 11.5 Å². The standard InChI is InChI=1S/C20H20N4O5/c1-13(14-7-8-18(28-2)19(9-14)29-3)22-12-15(11-21)20(25)23-16-5-4-6-17(10-16)24(26)27/h4-10,12-13,22H,1-3H3,(H,23,25)/b15-12-. The van der Waals surface area contributed by atoms with Gasteiger partial charge in [-0.05, 0) is 30.7 Å². The summed E-state index contributed by atoms with van der Waals surface area (Å²) in [4.78, 5) is 22.6. The summed E-state index contributed by atoms with van der Waals surface area (Å²) in [5.74, 6) is 0.472. The van der Waals surface area contributed by atoms with Crippen LogP contribution < -0.4 is 20.1 Å². The molecule has 0 saturated carbocycles. The fraction of sp³-hybridized carbons (Fsp3) is 0.200. The lowest BCUT2D eigenvalue weighted by atomic mass is 10.1. The van der Waals surface area contributed by atoms with Crippen molar-refractivity contribution in [3.8, 4) is 17.6 Å². The number of hydrogen-bond donors (Lipinski definition) is 2. The van der Waals surface area contributed by atoms with Crippen LogP contribution in [0, 0.1) is 21.4 Å². The number of rotatable bonds is 8. The Balaban J connectivity index is 2.11. The quantitative estimate of drug-likeness (QED) is 0.303. The van der Waals surface area contributed by atoms with Gasteiger partial charge in [0.25, 0.3) is 11.6 Å². The Morgan fingerprint density at radius 2 is 1.93 bits per heavy atom. The monoisotopic (exact) mass is 396 g/mol. The minimum atomic E-state index is -0.681. The summed E-state index contributed by atoms with van der Waals surface area (Å²) >= 11 is 0. The zero-order valence-corrected chi connectivity index (χ0v) is 16.1. The molecule has 1 unspecified atom stereocenters. The number of carbonyl (C=O) groups is 1.